The number of aryl methyl sites for hydroxylation is 1. The van der Waals surface area contributed by atoms with Gasteiger partial charge in [-0.3, -0.25) is 0 Å². The van der Waals surface area contributed by atoms with E-state index in [-0.39, 0.29) is 12.1 Å². The highest BCUT2D eigenvalue weighted by Crippen LogP contribution is 2.33. The lowest BCUT2D eigenvalue weighted by atomic mass is 9.89. The molecule has 21 heavy (non-hydrogen) atoms. The smallest absolute Gasteiger partial charge is 0.338 e. The van der Waals surface area contributed by atoms with E-state index < -0.39 is 0 Å². The highest BCUT2D eigenvalue weighted by molar-refractivity contribution is 5.89. The summed E-state index contributed by atoms with van der Waals surface area (Å²) < 4.78 is 10.8. The molecule has 0 aromatic heterocycles. The molecule has 1 aliphatic rings. The Kier molecular flexibility index (Phi) is 3.91. The fraction of sp³-hybridized carbons (Fsp3) is 0.278. The minimum Gasteiger partial charge on any atom is -0.497 e. The number of hydrogen-bond donors (Lipinski definition) is 0. The van der Waals surface area contributed by atoms with Gasteiger partial charge in [-0.2, -0.15) is 0 Å². The Balaban J connectivity index is 1.76. The van der Waals surface area contributed by atoms with E-state index in [0.29, 0.717) is 5.56 Å². The number of fused-ring (bicyclic) bond motifs is 1. The third kappa shape index (κ3) is 2.92. The van der Waals surface area contributed by atoms with Crippen molar-refractivity contribution in [3.8, 4) is 5.75 Å². The zero-order valence-electron chi connectivity index (χ0n) is 12.0. The molecule has 1 aliphatic carbocycles. The fourth-order valence-electron chi connectivity index (χ4n) is 2.76. The van der Waals surface area contributed by atoms with Gasteiger partial charge in [-0.15, -0.1) is 0 Å². The van der Waals surface area contributed by atoms with Crippen molar-refractivity contribution in [3.05, 3.63) is 65.2 Å². The Morgan fingerprint density at radius 3 is 2.62 bits per heavy atom. The van der Waals surface area contributed by atoms with Crippen molar-refractivity contribution in [3.63, 3.8) is 0 Å². The third-order valence-corrected chi connectivity index (χ3v) is 3.89. The molecule has 3 heteroatoms. The van der Waals surface area contributed by atoms with Gasteiger partial charge < -0.3 is 9.47 Å². The van der Waals surface area contributed by atoms with Crippen LogP contribution in [0.5, 0.6) is 5.75 Å². The second kappa shape index (κ2) is 6.00. The van der Waals surface area contributed by atoms with Gasteiger partial charge >= 0.3 is 5.97 Å². The van der Waals surface area contributed by atoms with Gasteiger partial charge in [0, 0.05) is 0 Å². The third-order valence-electron chi connectivity index (χ3n) is 3.89. The van der Waals surface area contributed by atoms with Crippen molar-refractivity contribution in [2.45, 2.75) is 25.4 Å². The van der Waals surface area contributed by atoms with Crippen molar-refractivity contribution >= 4 is 5.97 Å². The zero-order valence-corrected chi connectivity index (χ0v) is 12.0. The molecule has 0 spiro atoms. The number of ether oxygens (including phenoxy) is 2. The van der Waals surface area contributed by atoms with Crippen molar-refractivity contribution in [1.29, 1.82) is 0 Å². The van der Waals surface area contributed by atoms with Gasteiger partial charge in [-0.05, 0) is 54.7 Å². The van der Waals surface area contributed by atoms with Crippen LogP contribution in [0.2, 0.25) is 0 Å². The quantitative estimate of drug-likeness (QED) is 0.800. The monoisotopic (exact) mass is 282 g/mol. The molecule has 108 valence electrons. The molecule has 0 fully saturated rings. The first kappa shape index (κ1) is 13.7. The Morgan fingerprint density at radius 1 is 1.10 bits per heavy atom. The normalized spacial score (nSPS) is 16.9. The van der Waals surface area contributed by atoms with Crippen LogP contribution >= 0.6 is 0 Å². The topological polar surface area (TPSA) is 35.5 Å². The molecule has 0 amide bonds. The Hall–Kier alpha value is -2.29. The zero-order chi connectivity index (χ0) is 14.7. The highest BCUT2D eigenvalue weighted by Gasteiger charge is 2.23. The van der Waals surface area contributed by atoms with Crippen LogP contribution in [0, 0.1) is 0 Å². The summed E-state index contributed by atoms with van der Waals surface area (Å²) in [4.78, 5) is 12.3. The number of carbonyl (C=O) groups is 1. The van der Waals surface area contributed by atoms with E-state index in [1.54, 1.807) is 31.4 Å². The van der Waals surface area contributed by atoms with Crippen LogP contribution in [0.15, 0.2) is 48.5 Å². The maximum atomic E-state index is 12.3. The van der Waals surface area contributed by atoms with E-state index in [4.69, 9.17) is 9.47 Å². The van der Waals surface area contributed by atoms with Gasteiger partial charge in [0.15, 0.2) is 0 Å². The maximum absolute atomic E-state index is 12.3. The predicted molar refractivity (Wildman–Crippen MR) is 80.5 cm³/mol. The Labute approximate surface area is 124 Å². The first-order chi connectivity index (χ1) is 10.3. The molecule has 0 bridgehead atoms. The van der Waals surface area contributed by atoms with Gasteiger partial charge in [-0.1, -0.05) is 24.3 Å². The molecule has 2 aromatic rings. The standard InChI is InChI=1S/C18H18O3/c1-20-15-11-9-14(10-12-15)18(19)21-17-8-4-6-13-5-2-3-7-16(13)17/h2-3,5,7,9-12,17H,4,6,8H2,1H3/t17-/m1/s1. The average Bonchev–Trinajstić information content (AvgIpc) is 2.55. The number of methoxy groups -OCH3 is 1. The van der Waals surface area contributed by atoms with E-state index in [1.165, 1.54) is 5.56 Å². The largest absolute Gasteiger partial charge is 0.497 e. The van der Waals surface area contributed by atoms with E-state index in [2.05, 4.69) is 12.1 Å². The molecule has 0 heterocycles. The summed E-state index contributed by atoms with van der Waals surface area (Å²) in [6.07, 6.45) is 2.87. The summed E-state index contributed by atoms with van der Waals surface area (Å²) in [7, 11) is 1.60. The molecule has 0 N–H and O–H groups in total. The number of carbonyl (C=O) groups excluding carboxylic acids is 1. The van der Waals surface area contributed by atoms with Gasteiger partial charge in [0.1, 0.15) is 11.9 Å². The molecule has 0 saturated heterocycles. The van der Waals surface area contributed by atoms with E-state index in [9.17, 15) is 4.79 Å². The molecule has 0 saturated carbocycles. The van der Waals surface area contributed by atoms with Crippen molar-refractivity contribution in [2.24, 2.45) is 0 Å². The number of hydrogen-bond acceptors (Lipinski definition) is 3. The first-order valence-electron chi connectivity index (χ1n) is 7.21. The number of benzene rings is 2. The Bertz CT molecular complexity index is 631. The lowest BCUT2D eigenvalue weighted by molar-refractivity contribution is 0.0256. The fourth-order valence-corrected chi connectivity index (χ4v) is 2.76. The van der Waals surface area contributed by atoms with Gasteiger partial charge in [-0.25, -0.2) is 4.79 Å². The minimum atomic E-state index is -0.278. The van der Waals surface area contributed by atoms with Crippen LogP contribution < -0.4 is 4.74 Å². The van der Waals surface area contributed by atoms with Crippen LogP contribution in [0.1, 0.15) is 40.4 Å². The summed E-state index contributed by atoms with van der Waals surface area (Å²) in [5.41, 5.74) is 2.99. The van der Waals surface area contributed by atoms with Crippen molar-refractivity contribution < 1.29 is 14.3 Å². The molecule has 2 aromatic carbocycles. The predicted octanol–water partition coefficient (Wildman–Crippen LogP) is 3.93. The maximum Gasteiger partial charge on any atom is 0.338 e. The number of rotatable bonds is 3. The minimum absolute atomic E-state index is 0.135. The SMILES string of the molecule is COc1ccc(C(=O)O[C@@H]2CCCc3ccccc32)cc1. The molecular weight excluding hydrogens is 264 g/mol. The van der Waals surface area contributed by atoms with Gasteiger partial charge in [0.25, 0.3) is 0 Å². The van der Waals surface area contributed by atoms with E-state index >= 15 is 0 Å². The van der Waals surface area contributed by atoms with Crippen LogP contribution in [0.3, 0.4) is 0 Å². The van der Waals surface area contributed by atoms with Crippen LogP contribution in [-0.2, 0) is 11.2 Å². The van der Waals surface area contributed by atoms with E-state index in [0.717, 1.165) is 30.6 Å². The van der Waals surface area contributed by atoms with Gasteiger partial charge in [0.2, 0.25) is 0 Å². The number of esters is 1. The summed E-state index contributed by atoms with van der Waals surface area (Å²) in [5, 5.41) is 0. The first-order valence-corrected chi connectivity index (χ1v) is 7.21. The lowest BCUT2D eigenvalue weighted by Crippen LogP contribution is -2.16. The molecule has 0 unspecified atom stereocenters. The summed E-state index contributed by atoms with van der Waals surface area (Å²) >= 11 is 0. The highest BCUT2D eigenvalue weighted by atomic mass is 16.5. The molecule has 0 aliphatic heterocycles. The Morgan fingerprint density at radius 2 is 1.86 bits per heavy atom. The average molecular weight is 282 g/mol. The molecule has 3 rings (SSSR count). The molecule has 3 nitrogen and oxygen atoms in total. The summed E-state index contributed by atoms with van der Waals surface area (Å²) in [6, 6.07) is 15.2. The van der Waals surface area contributed by atoms with Gasteiger partial charge in [0.05, 0.1) is 12.7 Å². The molecule has 0 radical (unpaired) electrons. The van der Waals surface area contributed by atoms with Crippen molar-refractivity contribution in [1.82, 2.24) is 0 Å². The van der Waals surface area contributed by atoms with Crippen LogP contribution in [0.25, 0.3) is 0 Å². The van der Waals surface area contributed by atoms with Crippen LogP contribution in [0.4, 0.5) is 0 Å². The summed E-state index contributed by atoms with van der Waals surface area (Å²) in [5.74, 6) is 0.453. The lowest BCUT2D eigenvalue weighted by Gasteiger charge is -2.25. The molecular formula is C18H18O3. The second-order valence-corrected chi connectivity index (χ2v) is 5.21. The second-order valence-electron chi connectivity index (χ2n) is 5.21. The van der Waals surface area contributed by atoms with Crippen molar-refractivity contribution in [2.75, 3.05) is 7.11 Å². The van der Waals surface area contributed by atoms with Crippen LogP contribution in [-0.4, -0.2) is 13.1 Å². The molecule has 1 atom stereocenters. The summed E-state index contributed by atoms with van der Waals surface area (Å²) in [6.45, 7) is 0. The van der Waals surface area contributed by atoms with E-state index in [1.807, 2.05) is 12.1 Å².